The molecule has 0 aliphatic heterocycles. The van der Waals surface area contributed by atoms with Crippen molar-refractivity contribution in [2.75, 3.05) is 0 Å². The quantitative estimate of drug-likeness (QED) is 0.466. The molecule has 0 aromatic rings. The summed E-state index contributed by atoms with van der Waals surface area (Å²) in [6.07, 6.45) is -1.83. The maximum absolute atomic E-state index is 8.56. The number of halogens is 1. The van der Waals surface area contributed by atoms with Gasteiger partial charge in [0.1, 0.15) is 0 Å². The minimum atomic E-state index is -1.83. The van der Waals surface area contributed by atoms with Gasteiger partial charge >= 0.3 is 87.1 Å². The molecule has 0 rings (SSSR count). The van der Waals surface area contributed by atoms with Crippen LogP contribution in [0.15, 0.2) is 0 Å². The molecule has 0 radical (unpaired) electrons. The molecule has 0 unspecified atom stereocenters. The fourth-order valence-corrected chi connectivity index (χ4v) is 0. The van der Waals surface area contributed by atoms with Crippen LogP contribution in [0.1, 0.15) is 0 Å². The van der Waals surface area contributed by atoms with Crippen LogP contribution in [0.5, 0.6) is 0 Å². The van der Waals surface area contributed by atoms with Crippen LogP contribution in [0.3, 0.4) is 0 Å². The third-order valence-electron chi connectivity index (χ3n) is 0. The average molecular weight is 163 g/mol. The monoisotopic (exact) mass is 162 g/mol. The summed E-state index contributed by atoms with van der Waals surface area (Å²) in [4.78, 5) is 8.56. The Bertz CT molecular complexity index is 37.9. The molecule has 0 saturated heterocycles. The van der Waals surface area contributed by atoms with Crippen LogP contribution in [0.2, 0.25) is 0 Å². The van der Waals surface area contributed by atoms with Crippen molar-refractivity contribution >= 4 is 99.5 Å². The molecule has 0 bridgehead atoms. The van der Waals surface area contributed by atoms with Gasteiger partial charge in [-0.1, -0.05) is 0 Å². The van der Waals surface area contributed by atoms with E-state index in [2.05, 4.69) is 0 Å². The number of rotatable bonds is 0. The predicted octanol–water partition coefficient (Wildman–Crippen LogP) is -0.653. The van der Waals surface area contributed by atoms with Gasteiger partial charge in [0.25, 0.3) is 0 Å². The molecule has 2 N–H and O–H groups in total. The number of carbonyl (C=O) groups is 1. The molecule has 0 aromatic heterocycles. The van der Waals surface area contributed by atoms with Crippen LogP contribution in [0.4, 0.5) is 4.79 Å². The van der Waals surface area contributed by atoms with E-state index in [9.17, 15) is 0 Å². The van der Waals surface area contributed by atoms with Crippen molar-refractivity contribution in [1.29, 1.82) is 0 Å². The second-order valence-electron chi connectivity index (χ2n) is 0.283. The Morgan fingerprint density at radius 1 is 1.29 bits per heavy atom. The van der Waals surface area contributed by atoms with E-state index in [1.165, 1.54) is 0 Å². The van der Waals surface area contributed by atoms with Crippen LogP contribution in [-0.2, 0) is 0 Å². The van der Waals surface area contributed by atoms with Crippen molar-refractivity contribution in [3.8, 4) is 0 Å². The molecule has 0 aliphatic carbocycles. The van der Waals surface area contributed by atoms with Crippen molar-refractivity contribution in [2.45, 2.75) is 0 Å². The standard InChI is InChI=1S/CH2O3.ClH.K.Na.2H/c2-1(3)4;;;;;/h(H2,2,3,4);1H;;;;. The molecule has 6 heteroatoms. The molecule has 7 heavy (non-hydrogen) atoms. The first-order valence-electron chi connectivity index (χ1n) is 0.651. The van der Waals surface area contributed by atoms with Gasteiger partial charge in [-0.05, 0) is 0 Å². The Kier molecular flexibility index (Phi) is 51.4. The summed E-state index contributed by atoms with van der Waals surface area (Å²) < 4.78 is 0. The Morgan fingerprint density at radius 2 is 1.29 bits per heavy atom. The van der Waals surface area contributed by atoms with E-state index < -0.39 is 6.16 Å². The van der Waals surface area contributed by atoms with E-state index in [1.807, 2.05) is 0 Å². The molecule has 0 amide bonds. The van der Waals surface area contributed by atoms with Gasteiger partial charge in [0, 0.05) is 0 Å². The second kappa shape index (κ2) is 15.7. The topological polar surface area (TPSA) is 57.5 Å². The second-order valence-corrected chi connectivity index (χ2v) is 0.283. The van der Waals surface area contributed by atoms with Crippen molar-refractivity contribution in [1.82, 2.24) is 0 Å². The molecular weight excluding hydrogens is 158 g/mol. The van der Waals surface area contributed by atoms with E-state index in [0.29, 0.717) is 0 Å². The normalized spacial score (nSPS) is 3.43. The van der Waals surface area contributed by atoms with Crippen LogP contribution in [0, 0.1) is 0 Å². The SMILES string of the molecule is Cl.O=C(O)O.[KH].[NaH]. The van der Waals surface area contributed by atoms with Gasteiger partial charge in [-0.25, -0.2) is 4.79 Å². The fourth-order valence-electron chi connectivity index (χ4n) is 0. The molecule has 36 valence electrons. The Labute approximate surface area is 112 Å². The first-order valence-corrected chi connectivity index (χ1v) is 0.651. The first kappa shape index (κ1) is 22.9. The molecule has 0 heterocycles. The fraction of sp³-hybridized carbons (Fsp3) is 0. The van der Waals surface area contributed by atoms with Gasteiger partial charge in [-0.2, -0.15) is 0 Å². The Balaban J connectivity index is -0.0000000150. The van der Waals surface area contributed by atoms with Crippen LogP contribution >= 0.6 is 12.4 Å². The molecule has 3 nitrogen and oxygen atoms in total. The summed E-state index contributed by atoms with van der Waals surface area (Å²) in [6.45, 7) is 0. The van der Waals surface area contributed by atoms with Crippen LogP contribution in [0.25, 0.3) is 0 Å². The van der Waals surface area contributed by atoms with E-state index in [-0.39, 0.29) is 93.3 Å². The third kappa shape index (κ3) is 65.2. The maximum atomic E-state index is 8.56. The summed E-state index contributed by atoms with van der Waals surface area (Å²) in [5.74, 6) is 0. The summed E-state index contributed by atoms with van der Waals surface area (Å²) in [5, 5.41) is 13.9. The van der Waals surface area contributed by atoms with Gasteiger partial charge in [0.2, 0.25) is 0 Å². The molecule has 0 saturated carbocycles. The number of hydrogen-bond donors (Lipinski definition) is 2. The first-order chi connectivity index (χ1) is 1.73. The summed E-state index contributed by atoms with van der Waals surface area (Å²) >= 11 is 0. The van der Waals surface area contributed by atoms with Crippen molar-refractivity contribution < 1.29 is 15.0 Å². The van der Waals surface area contributed by atoms with Gasteiger partial charge in [-0.15, -0.1) is 12.4 Å². The van der Waals surface area contributed by atoms with Crippen molar-refractivity contribution in [3.05, 3.63) is 0 Å². The number of carboxylic acid groups (broad SMARTS) is 2. The van der Waals surface area contributed by atoms with E-state index in [0.717, 1.165) is 0 Å². The number of hydrogen-bond acceptors (Lipinski definition) is 1. The third-order valence-corrected chi connectivity index (χ3v) is 0. The molecular formula is CH5ClKNaO3. The van der Waals surface area contributed by atoms with Crippen molar-refractivity contribution in [3.63, 3.8) is 0 Å². The van der Waals surface area contributed by atoms with E-state index >= 15 is 0 Å². The Hall–Kier alpha value is 2.20. The van der Waals surface area contributed by atoms with E-state index in [1.54, 1.807) is 0 Å². The molecule has 0 spiro atoms. The predicted molar refractivity (Wildman–Crippen MR) is 32.2 cm³/mol. The summed E-state index contributed by atoms with van der Waals surface area (Å²) in [6, 6.07) is 0. The van der Waals surface area contributed by atoms with Gasteiger partial charge < -0.3 is 10.2 Å². The zero-order valence-corrected chi connectivity index (χ0v) is 3.03. The zero-order valence-electron chi connectivity index (χ0n) is 2.21. The summed E-state index contributed by atoms with van der Waals surface area (Å²) in [7, 11) is 0. The Morgan fingerprint density at radius 3 is 1.29 bits per heavy atom. The van der Waals surface area contributed by atoms with E-state index in [4.69, 9.17) is 15.0 Å². The molecule has 0 fully saturated rings. The summed E-state index contributed by atoms with van der Waals surface area (Å²) in [5.41, 5.74) is 0. The van der Waals surface area contributed by atoms with Crippen LogP contribution < -0.4 is 0 Å². The molecule has 0 atom stereocenters. The van der Waals surface area contributed by atoms with Gasteiger partial charge in [0.05, 0.1) is 0 Å². The zero-order chi connectivity index (χ0) is 3.58. The van der Waals surface area contributed by atoms with Gasteiger partial charge in [-0.3, -0.25) is 0 Å². The van der Waals surface area contributed by atoms with Crippen molar-refractivity contribution in [2.24, 2.45) is 0 Å². The minimum absolute atomic E-state index is 0. The molecule has 0 aromatic carbocycles. The van der Waals surface area contributed by atoms with Crippen LogP contribution in [-0.4, -0.2) is 97.3 Å². The average Bonchev–Trinajstić information content (AvgIpc) is 0.811. The van der Waals surface area contributed by atoms with Gasteiger partial charge in [0.15, 0.2) is 0 Å². The molecule has 0 aliphatic rings.